The Morgan fingerprint density at radius 1 is 1.45 bits per heavy atom. The van der Waals surface area contributed by atoms with Crippen molar-refractivity contribution in [2.24, 2.45) is 5.92 Å². The second kappa shape index (κ2) is 7.04. The summed E-state index contributed by atoms with van der Waals surface area (Å²) in [5.41, 5.74) is 2.43. The Morgan fingerprint density at radius 3 is 2.85 bits per heavy atom. The largest absolute Gasteiger partial charge is 0.359 e. The van der Waals surface area contributed by atoms with Crippen LogP contribution in [-0.4, -0.2) is 50.2 Å². The molecule has 0 amide bonds. The van der Waals surface area contributed by atoms with Gasteiger partial charge in [0.2, 0.25) is 0 Å². The zero-order valence-corrected chi connectivity index (χ0v) is 13.3. The third-order valence-electron chi connectivity index (χ3n) is 4.16. The summed E-state index contributed by atoms with van der Waals surface area (Å²) in [6, 6.07) is 4.36. The molecule has 1 aromatic heterocycles. The highest BCUT2D eigenvalue weighted by atomic mass is 15.2. The zero-order chi connectivity index (χ0) is 14.5. The van der Waals surface area contributed by atoms with Crippen molar-refractivity contribution in [2.75, 3.05) is 45.2 Å². The number of nitrogens with zero attached hydrogens (tertiary/aromatic N) is 3. The van der Waals surface area contributed by atoms with Crippen LogP contribution >= 0.6 is 0 Å². The normalized spacial score (nSPS) is 19.5. The van der Waals surface area contributed by atoms with E-state index in [0.717, 1.165) is 37.1 Å². The van der Waals surface area contributed by atoms with Crippen LogP contribution < -0.4 is 10.2 Å². The fourth-order valence-electron chi connectivity index (χ4n) is 2.89. The molecule has 1 aliphatic heterocycles. The van der Waals surface area contributed by atoms with Crippen molar-refractivity contribution >= 4 is 5.82 Å². The van der Waals surface area contributed by atoms with Gasteiger partial charge in [0, 0.05) is 32.4 Å². The van der Waals surface area contributed by atoms with Crippen LogP contribution in [-0.2, 0) is 6.54 Å². The Bertz CT molecular complexity index is 432. The van der Waals surface area contributed by atoms with Crippen molar-refractivity contribution in [2.45, 2.75) is 26.8 Å². The van der Waals surface area contributed by atoms with E-state index in [1.807, 2.05) is 0 Å². The molecule has 1 unspecified atom stereocenters. The standard InChI is InChI=1S/C16H28N4/c1-5-17-10-15-6-7-16(18-13(15)2)20(4)12-14-8-9-19(3)11-14/h6-7,14,17H,5,8-12H2,1-4H3. The topological polar surface area (TPSA) is 31.4 Å². The van der Waals surface area contributed by atoms with Crippen LogP contribution in [0.1, 0.15) is 24.6 Å². The second-order valence-electron chi connectivity index (χ2n) is 5.99. The SMILES string of the molecule is CCNCc1ccc(N(C)CC2CCN(C)C2)nc1C. The average molecular weight is 276 g/mol. The van der Waals surface area contributed by atoms with Crippen molar-refractivity contribution in [1.29, 1.82) is 0 Å². The average Bonchev–Trinajstić information content (AvgIpc) is 2.82. The third kappa shape index (κ3) is 3.93. The van der Waals surface area contributed by atoms with Crippen molar-refractivity contribution < 1.29 is 0 Å². The Balaban J connectivity index is 1.96. The van der Waals surface area contributed by atoms with Crippen LogP contribution in [0.4, 0.5) is 5.82 Å². The molecule has 20 heavy (non-hydrogen) atoms. The summed E-state index contributed by atoms with van der Waals surface area (Å²) in [4.78, 5) is 9.47. The lowest BCUT2D eigenvalue weighted by molar-refractivity contribution is 0.395. The number of pyridine rings is 1. The number of aryl methyl sites for hydroxylation is 1. The van der Waals surface area contributed by atoms with Gasteiger partial charge in [0.15, 0.2) is 0 Å². The molecule has 0 spiro atoms. The maximum Gasteiger partial charge on any atom is 0.128 e. The van der Waals surface area contributed by atoms with Gasteiger partial charge in [-0.05, 0) is 51.0 Å². The first kappa shape index (κ1) is 15.3. The van der Waals surface area contributed by atoms with Gasteiger partial charge >= 0.3 is 0 Å². The summed E-state index contributed by atoms with van der Waals surface area (Å²) in [7, 11) is 4.36. The highest BCUT2D eigenvalue weighted by molar-refractivity contribution is 5.41. The van der Waals surface area contributed by atoms with E-state index in [2.05, 4.69) is 55.2 Å². The van der Waals surface area contributed by atoms with Gasteiger partial charge in [-0.15, -0.1) is 0 Å². The fourth-order valence-corrected chi connectivity index (χ4v) is 2.89. The molecule has 4 heteroatoms. The van der Waals surface area contributed by atoms with Crippen LogP contribution in [0.5, 0.6) is 0 Å². The quantitative estimate of drug-likeness (QED) is 0.860. The lowest BCUT2D eigenvalue weighted by atomic mass is 10.1. The van der Waals surface area contributed by atoms with Gasteiger partial charge in [0.1, 0.15) is 5.82 Å². The highest BCUT2D eigenvalue weighted by Gasteiger charge is 2.21. The van der Waals surface area contributed by atoms with E-state index in [9.17, 15) is 0 Å². The van der Waals surface area contributed by atoms with E-state index in [-0.39, 0.29) is 0 Å². The minimum absolute atomic E-state index is 0.772. The molecule has 0 radical (unpaired) electrons. The van der Waals surface area contributed by atoms with Gasteiger partial charge in [-0.3, -0.25) is 0 Å². The molecule has 1 atom stereocenters. The first-order valence-electron chi connectivity index (χ1n) is 7.67. The summed E-state index contributed by atoms with van der Waals surface area (Å²) in [6.45, 7) is 9.68. The van der Waals surface area contributed by atoms with Gasteiger partial charge in [-0.1, -0.05) is 13.0 Å². The minimum Gasteiger partial charge on any atom is -0.359 e. The Labute approximate surface area is 123 Å². The van der Waals surface area contributed by atoms with E-state index in [1.165, 1.54) is 25.1 Å². The second-order valence-corrected chi connectivity index (χ2v) is 5.99. The third-order valence-corrected chi connectivity index (χ3v) is 4.16. The van der Waals surface area contributed by atoms with E-state index >= 15 is 0 Å². The monoisotopic (exact) mass is 276 g/mol. The molecule has 112 valence electrons. The molecule has 0 aliphatic carbocycles. The number of aromatic nitrogens is 1. The smallest absolute Gasteiger partial charge is 0.128 e. The molecule has 2 rings (SSSR count). The minimum atomic E-state index is 0.772. The Morgan fingerprint density at radius 2 is 2.25 bits per heavy atom. The molecule has 0 bridgehead atoms. The van der Waals surface area contributed by atoms with E-state index < -0.39 is 0 Å². The number of anilines is 1. The fraction of sp³-hybridized carbons (Fsp3) is 0.688. The Kier molecular flexibility index (Phi) is 5.38. The first-order chi connectivity index (χ1) is 9.60. The van der Waals surface area contributed by atoms with Crippen molar-refractivity contribution in [3.05, 3.63) is 23.4 Å². The van der Waals surface area contributed by atoms with Gasteiger partial charge < -0.3 is 15.1 Å². The van der Waals surface area contributed by atoms with Crippen LogP contribution in [0.25, 0.3) is 0 Å². The van der Waals surface area contributed by atoms with Crippen LogP contribution in [0, 0.1) is 12.8 Å². The summed E-state index contributed by atoms with van der Waals surface area (Å²) in [5.74, 6) is 1.87. The van der Waals surface area contributed by atoms with Crippen LogP contribution in [0.15, 0.2) is 12.1 Å². The molecular formula is C16H28N4. The lowest BCUT2D eigenvalue weighted by Gasteiger charge is -2.23. The van der Waals surface area contributed by atoms with Gasteiger partial charge in [-0.2, -0.15) is 0 Å². The van der Waals surface area contributed by atoms with Crippen molar-refractivity contribution in [3.63, 3.8) is 0 Å². The van der Waals surface area contributed by atoms with Crippen LogP contribution in [0.3, 0.4) is 0 Å². The summed E-state index contributed by atoms with van der Waals surface area (Å²) < 4.78 is 0. The molecule has 2 heterocycles. The Hall–Kier alpha value is -1.13. The summed E-state index contributed by atoms with van der Waals surface area (Å²) in [6.07, 6.45) is 1.30. The number of hydrogen-bond donors (Lipinski definition) is 1. The summed E-state index contributed by atoms with van der Waals surface area (Å²) in [5, 5.41) is 3.36. The lowest BCUT2D eigenvalue weighted by Crippen LogP contribution is -2.28. The molecule has 1 aliphatic rings. The number of nitrogens with one attached hydrogen (secondary N) is 1. The number of hydrogen-bond acceptors (Lipinski definition) is 4. The maximum atomic E-state index is 4.76. The van der Waals surface area contributed by atoms with Crippen molar-refractivity contribution in [1.82, 2.24) is 15.2 Å². The molecule has 1 aromatic rings. The molecule has 1 fully saturated rings. The molecular weight excluding hydrogens is 248 g/mol. The van der Waals surface area contributed by atoms with Crippen LogP contribution in [0.2, 0.25) is 0 Å². The van der Waals surface area contributed by atoms with Gasteiger partial charge in [0.05, 0.1) is 0 Å². The number of likely N-dealkylation sites (tertiary alicyclic amines) is 1. The molecule has 4 nitrogen and oxygen atoms in total. The number of rotatable bonds is 6. The maximum absolute atomic E-state index is 4.76. The predicted octanol–water partition coefficient (Wildman–Crippen LogP) is 1.89. The molecule has 1 saturated heterocycles. The van der Waals surface area contributed by atoms with Crippen molar-refractivity contribution in [3.8, 4) is 0 Å². The molecule has 1 N–H and O–H groups in total. The highest BCUT2D eigenvalue weighted by Crippen LogP contribution is 2.19. The predicted molar refractivity (Wildman–Crippen MR) is 85.2 cm³/mol. The van der Waals surface area contributed by atoms with E-state index in [4.69, 9.17) is 4.98 Å². The zero-order valence-electron chi connectivity index (χ0n) is 13.3. The molecule has 0 saturated carbocycles. The van der Waals surface area contributed by atoms with Gasteiger partial charge in [-0.25, -0.2) is 4.98 Å². The first-order valence-corrected chi connectivity index (χ1v) is 7.67. The van der Waals surface area contributed by atoms with Gasteiger partial charge in [0.25, 0.3) is 0 Å². The van der Waals surface area contributed by atoms with E-state index in [1.54, 1.807) is 0 Å². The van der Waals surface area contributed by atoms with E-state index in [0.29, 0.717) is 0 Å². The summed E-state index contributed by atoms with van der Waals surface area (Å²) >= 11 is 0. The molecule has 0 aromatic carbocycles.